The molecule has 0 bridgehead atoms. The molecule has 0 fully saturated rings. The summed E-state index contributed by atoms with van der Waals surface area (Å²) in [5.74, 6) is 0. The lowest BCUT2D eigenvalue weighted by Gasteiger charge is -2.30. The number of para-hydroxylation sites is 2. The fourth-order valence-corrected chi connectivity index (χ4v) is 10.7. The first-order valence-corrected chi connectivity index (χ1v) is 20.3. The molecule has 1 nitrogen and oxygen atoms in total. The Hall–Kier alpha value is -6.52. The molecule has 55 heavy (non-hydrogen) atoms. The van der Waals surface area contributed by atoms with Crippen molar-refractivity contribution in [2.24, 2.45) is 0 Å². The molecule has 0 amide bonds. The topological polar surface area (TPSA) is 3.24 Å². The van der Waals surface area contributed by atoms with E-state index >= 15 is 0 Å². The Bertz CT molecular complexity index is 3240. The highest BCUT2D eigenvalue weighted by molar-refractivity contribution is 7.26. The molecule has 11 aromatic rings. The number of fused-ring (bicyclic) bond motifs is 7. The molecule has 0 radical (unpaired) electrons. The van der Waals surface area contributed by atoms with Gasteiger partial charge in [-0.15, -0.1) is 22.7 Å². The predicted octanol–water partition coefficient (Wildman–Crippen LogP) is 16.0. The summed E-state index contributed by atoms with van der Waals surface area (Å²) in [4.78, 5) is 2.48. The summed E-state index contributed by atoms with van der Waals surface area (Å²) in [6.45, 7) is 0. The third-order valence-corrected chi connectivity index (χ3v) is 13.2. The standard InChI is InChI=1S/C52H33NS2/c1-2-14-35-31-37(28-27-34(35)13-1)40-17-3-7-23-47(40)53(39-16-11-15-36(32-39)42-21-12-22-46-44-20-6-10-26-50(44)55-52(42)46)48-24-8-4-18-41(48)38-29-30-45-43-19-5-9-25-49(43)54-51(45)33-38/h1-33H. The first-order valence-electron chi connectivity index (χ1n) is 18.7. The van der Waals surface area contributed by atoms with Crippen LogP contribution in [0, 0.1) is 0 Å². The van der Waals surface area contributed by atoms with Crippen molar-refractivity contribution >= 4 is 90.9 Å². The Kier molecular flexibility index (Phi) is 7.61. The molecule has 11 rings (SSSR count). The maximum atomic E-state index is 2.48. The van der Waals surface area contributed by atoms with E-state index < -0.39 is 0 Å². The summed E-state index contributed by atoms with van der Waals surface area (Å²) in [5, 5.41) is 7.73. The van der Waals surface area contributed by atoms with Crippen LogP contribution in [-0.2, 0) is 0 Å². The van der Waals surface area contributed by atoms with E-state index in [9.17, 15) is 0 Å². The van der Waals surface area contributed by atoms with Gasteiger partial charge >= 0.3 is 0 Å². The number of rotatable bonds is 6. The van der Waals surface area contributed by atoms with Gasteiger partial charge in [0, 0.05) is 57.2 Å². The minimum atomic E-state index is 1.11. The second-order valence-electron chi connectivity index (χ2n) is 14.1. The molecule has 0 unspecified atom stereocenters. The second-order valence-corrected chi connectivity index (χ2v) is 16.2. The summed E-state index contributed by atoms with van der Waals surface area (Å²) < 4.78 is 5.26. The van der Waals surface area contributed by atoms with Crippen LogP contribution in [0.3, 0.4) is 0 Å². The summed E-state index contributed by atoms with van der Waals surface area (Å²) in [6, 6.07) is 73.5. The molecule has 0 spiro atoms. The Morgan fingerprint density at radius 2 is 0.855 bits per heavy atom. The maximum absolute atomic E-state index is 2.48. The van der Waals surface area contributed by atoms with E-state index in [2.05, 4.69) is 205 Å². The Morgan fingerprint density at radius 3 is 1.65 bits per heavy atom. The van der Waals surface area contributed by atoms with Crippen LogP contribution in [0.15, 0.2) is 200 Å². The van der Waals surface area contributed by atoms with Crippen molar-refractivity contribution in [3.8, 4) is 33.4 Å². The van der Waals surface area contributed by atoms with Gasteiger partial charge in [0.15, 0.2) is 0 Å². The molecule has 0 saturated carbocycles. The Labute approximate surface area is 327 Å². The highest BCUT2D eigenvalue weighted by Crippen LogP contribution is 2.47. The third-order valence-electron chi connectivity index (χ3n) is 10.9. The Morgan fingerprint density at radius 1 is 0.309 bits per heavy atom. The van der Waals surface area contributed by atoms with Gasteiger partial charge in [-0.2, -0.15) is 0 Å². The fraction of sp³-hybridized carbons (Fsp3) is 0. The fourth-order valence-electron chi connectivity index (χ4n) is 8.27. The number of anilines is 3. The summed E-state index contributed by atoms with van der Waals surface area (Å²) >= 11 is 3.75. The summed E-state index contributed by atoms with van der Waals surface area (Å²) in [6.07, 6.45) is 0. The van der Waals surface area contributed by atoms with Crippen LogP contribution >= 0.6 is 22.7 Å². The van der Waals surface area contributed by atoms with Crippen LogP contribution < -0.4 is 4.90 Å². The van der Waals surface area contributed by atoms with Gasteiger partial charge in [0.05, 0.1) is 11.4 Å². The lowest BCUT2D eigenvalue weighted by molar-refractivity contribution is 1.28. The van der Waals surface area contributed by atoms with Crippen LogP contribution in [-0.4, -0.2) is 0 Å². The zero-order valence-corrected chi connectivity index (χ0v) is 31.4. The first-order chi connectivity index (χ1) is 27.3. The quantitative estimate of drug-likeness (QED) is 0.164. The molecule has 2 aromatic heterocycles. The molecular formula is C52H33NS2. The minimum absolute atomic E-state index is 1.11. The molecule has 0 N–H and O–H groups in total. The van der Waals surface area contributed by atoms with E-state index in [0.717, 1.165) is 17.1 Å². The molecule has 0 saturated heterocycles. The third kappa shape index (κ3) is 5.43. The van der Waals surface area contributed by atoms with Gasteiger partial charge < -0.3 is 4.90 Å². The van der Waals surface area contributed by atoms with E-state index in [4.69, 9.17) is 0 Å². The highest BCUT2D eigenvalue weighted by atomic mass is 32.1. The first kappa shape index (κ1) is 32.0. The number of hydrogen-bond donors (Lipinski definition) is 0. The number of hydrogen-bond acceptors (Lipinski definition) is 3. The largest absolute Gasteiger partial charge is 0.309 e. The van der Waals surface area contributed by atoms with E-state index in [1.165, 1.54) is 84.5 Å². The SMILES string of the molecule is c1cc(-c2cccc3c2sc2ccccc23)cc(N(c2ccccc2-c2ccc3ccccc3c2)c2ccccc2-c2ccc3c(c2)sc2ccccc23)c1. The number of thiophene rings is 2. The van der Waals surface area contributed by atoms with Crippen LogP contribution in [0.2, 0.25) is 0 Å². The van der Waals surface area contributed by atoms with Crippen LogP contribution in [0.5, 0.6) is 0 Å². The molecule has 9 aromatic carbocycles. The molecule has 258 valence electrons. The van der Waals surface area contributed by atoms with Gasteiger partial charge in [-0.1, -0.05) is 152 Å². The van der Waals surface area contributed by atoms with Gasteiger partial charge in [0.25, 0.3) is 0 Å². The van der Waals surface area contributed by atoms with E-state index in [1.807, 2.05) is 22.7 Å². The smallest absolute Gasteiger partial charge is 0.0540 e. The minimum Gasteiger partial charge on any atom is -0.309 e. The van der Waals surface area contributed by atoms with Crippen molar-refractivity contribution in [3.05, 3.63) is 200 Å². The lowest BCUT2D eigenvalue weighted by Crippen LogP contribution is -2.12. The molecule has 2 heterocycles. The van der Waals surface area contributed by atoms with E-state index in [-0.39, 0.29) is 0 Å². The van der Waals surface area contributed by atoms with Crippen molar-refractivity contribution in [1.82, 2.24) is 0 Å². The highest BCUT2D eigenvalue weighted by Gasteiger charge is 2.22. The molecular weight excluding hydrogens is 703 g/mol. The molecule has 3 heteroatoms. The van der Waals surface area contributed by atoms with E-state index in [1.54, 1.807) is 0 Å². The van der Waals surface area contributed by atoms with E-state index in [0.29, 0.717) is 0 Å². The molecule has 0 aliphatic heterocycles. The average Bonchev–Trinajstić information content (AvgIpc) is 3.82. The van der Waals surface area contributed by atoms with Gasteiger partial charge in [-0.05, 0) is 81.6 Å². The van der Waals surface area contributed by atoms with Gasteiger partial charge in [-0.3, -0.25) is 0 Å². The van der Waals surface area contributed by atoms with Crippen LogP contribution in [0.25, 0.3) is 84.5 Å². The van der Waals surface area contributed by atoms with Crippen LogP contribution in [0.1, 0.15) is 0 Å². The van der Waals surface area contributed by atoms with Gasteiger partial charge in [0.1, 0.15) is 0 Å². The molecule has 0 aliphatic carbocycles. The number of nitrogens with zero attached hydrogens (tertiary/aromatic N) is 1. The summed E-state index contributed by atoms with van der Waals surface area (Å²) in [5.41, 5.74) is 10.6. The van der Waals surface area contributed by atoms with Crippen molar-refractivity contribution in [2.75, 3.05) is 4.90 Å². The lowest BCUT2D eigenvalue weighted by atomic mass is 9.96. The van der Waals surface area contributed by atoms with Crippen molar-refractivity contribution in [1.29, 1.82) is 0 Å². The van der Waals surface area contributed by atoms with Gasteiger partial charge in [-0.25, -0.2) is 0 Å². The van der Waals surface area contributed by atoms with Gasteiger partial charge in [0.2, 0.25) is 0 Å². The maximum Gasteiger partial charge on any atom is 0.0540 e. The zero-order chi connectivity index (χ0) is 36.3. The van der Waals surface area contributed by atoms with Crippen molar-refractivity contribution < 1.29 is 0 Å². The zero-order valence-electron chi connectivity index (χ0n) is 29.8. The Balaban J connectivity index is 1.14. The predicted molar refractivity (Wildman–Crippen MR) is 241 cm³/mol. The average molecular weight is 736 g/mol. The number of benzene rings is 9. The second kappa shape index (κ2) is 13.1. The molecule has 0 aliphatic rings. The van der Waals surface area contributed by atoms with Crippen LogP contribution in [0.4, 0.5) is 17.1 Å². The van der Waals surface area contributed by atoms with Crippen molar-refractivity contribution in [2.45, 2.75) is 0 Å². The molecule has 0 atom stereocenters. The summed E-state index contributed by atoms with van der Waals surface area (Å²) in [7, 11) is 0. The monoisotopic (exact) mass is 735 g/mol. The van der Waals surface area contributed by atoms with Crippen molar-refractivity contribution in [3.63, 3.8) is 0 Å². The normalized spacial score (nSPS) is 11.6.